The molecule has 0 saturated carbocycles. The second-order valence-electron chi connectivity index (χ2n) is 7.06. The molecule has 32 heavy (non-hydrogen) atoms. The topological polar surface area (TPSA) is 56.2 Å². The Hall–Kier alpha value is -3.35. The van der Waals surface area contributed by atoms with Gasteiger partial charge in [0.05, 0.1) is 16.6 Å². The lowest BCUT2D eigenvalue weighted by atomic mass is 10.2. The molecule has 0 aromatic heterocycles. The molecule has 3 aromatic rings. The van der Waals surface area contributed by atoms with Gasteiger partial charge in [0, 0.05) is 18.4 Å². The number of imide groups is 1. The van der Waals surface area contributed by atoms with Gasteiger partial charge in [-0.25, -0.2) is 14.7 Å². The van der Waals surface area contributed by atoms with Crippen LogP contribution in [0.3, 0.4) is 0 Å². The van der Waals surface area contributed by atoms with Gasteiger partial charge in [-0.15, -0.1) is 11.6 Å². The van der Waals surface area contributed by atoms with E-state index in [1.807, 2.05) is 65.6 Å². The molecule has 0 N–H and O–H groups in total. The van der Waals surface area contributed by atoms with Crippen molar-refractivity contribution >= 4 is 58.0 Å². The quantitative estimate of drug-likeness (QED) is 0.353. The maximum absolute atomic E-state index is 13.0. The molecule has 6 nitrogen and oxygen atoms in total. The van der Waals surface area contributed by atoms with Gasteiger partial charge < -0.3 is 4.90 Å². The summed E-state index contributed by atoms with van der Waals surface area (Å²) in [6.45, 7) is 0. The van der Waals surface area contributed by atoms with Crippen LogP contribution >= 0.6 is 23.2 Å². The molecule has 0 spiro atoms. The number of hydrogen-bond acceptors (Lipinski definition) is 4. The summed E-state index contributed by atoms with van der Waals surface area (Å²) in [5, 5.41) is 0.335. The fraction of sp³-hybridized carbons (Fsp3) is 0.125. The molecule has 0 radical (unpaired) electrons. The number of rotatable bonds is 6. The molecule has 0 bridgehead atoms. The van der Waals surface area contributed by atoms with Crippen LogP contribution in [0.25, 0.3) is 0 Å². The Morgan fingerprint density at radius 3 is 1.94 bits per heavy atom. The van der Waals surface area contributed by atoms with Crippen molar-refractivity contribution in [3.63, 3.8) is 0 Å². The van der Waals surface area contributed by atoms with Gasteiger partial charge in [-0.2, -0.15) is 0 Å². The van der Waals surface area contributed by atoms with E-state index in [1.54, 1.807) is 24.3 Å². The second-order valence-corrected chi connectivity index (χ2v) is 7.78. The largest absolute Gasteiger partial charge is 0.337 e. The SMILES string of the molecule is CN1C(=O)C(=NC(CCl)N(c2ccccc2)c2ccccc2)N(c2ccccc2Cl)C1=O. The summed E-state index contributed by atoms with van der Waals surface area (Å²) >= 11 is 12.7. The summed E-state index contributed by atoms with van der Waals surface area (Å²) in [5.74, 6) is -0.478. The molecule has 1 unspecified atom stereocenters. The Bertz CT molecular complexity index is 1120. The number of hydrogen-bond donors (Lipinski definition) is 0. The highest BCUT2D eigenvalue weighted by Crippen LogP contribution is 2.32. The van der Waals surface area contributed by atoms with E-state index in [9.17, 15) is 9.59 Å². The average molecular weight is 467 g/mol. The van der Waals surface area contributed by atoms with E-state index in [-0.39, 0.29) is 11.7 Å². The third-order valence-electron chi connectivity index (χ3n) is 5.06. The molecule has 8 heteroatoms. The number of benzene rings is 3. The van der Waals surface area contributed by atoms with Gasteiger partial charge in [-0.3, -0.25) is 9.69 Å². The summed E-state index contributed by atoms with van der Waals surface area (Å²) in [4.78, 5) is 34.8. The highest BCUT2D eigenvalue weighted by molar-refractivity contribution is 6.55. The Morgan fingerprint density at radius 2 is 1.41 bits per heavy atom. The fourth-order valence-electron chi connectivity index (χ4n) is 3.51. The molecule has 1 saturated heterocycles. The van der Waals surface area contributed by atoms with Crippen molar-refractivity contribution < 1.29 is 9.59 Å². The van der Waals surface area contributed by atoms with E-state index >= 15 is 0 Å². The Kier molecular flexibility index (Phi) is 6.44. The lowest BCUT2D eigenvalue weighted by Crippen LogP contribution is -2.37. The van der Waals surface area contributed by atoms with Gasteiger partial charge in [-0.05, 0) is 36.4 Å². The zero-order valence-electron chi connectivity index (χ0n) is 17.2. The molecule has 4 rings (SSSR count). The molecule has 1 aliphatic heterocycles. The lowest BCUT2D eigenvalue weighted by molar-refractivity contribution is -0.119. The van der Waals surface area contributed by atoms with Crippen LogP contribution < -0.4 is 9.80 Å². The second kappa shape index (κ2) is 9.42. The van der Waals surface area contributed by atoms with Crippen LogP contribution in [0.5, 0.6) is 0 Å². The summed E-state index contributed by atoms with van der Waals surface area (Å²) < 4.78 is 0. The first-order valence-corrected chi connectivity index (χ1v) is 10.8. The molecular weight excluding hydrogens is 447 g/mol. The number of carbonyl (C=O) groups is 2. The number of likely N-dealkylation sites (N-methyl/N-ethyl adjacent to an activating group) is 1. The van der Waals surface area contributed by atoms with Gasteiger partial charge in [0.15, 0.2) is 0 Å². The molecular formula is C24H20Cl2N4O2. The van der Waals surface area contributed by atoms with Crippen LogP contribution in [0, 0.1) is 0 Å². The molecule has 0 aliphatic carbocycles. The molecule has 1 aliphatic rings. The predicted molar refractivity (Wildman–Crippen MR) is 129 cm³/mol. The first-order chi connectivity index (χ1) is 15.5. The Labute approximate surface area is 196 Å². The van der Waals surface area contributed by atoms with E-state index in [1.165, 1.54) is 11.9 Å². The number of amidine groups is 1. The number of aliphatic imine (C=N–C) groups is 1. The molecule has 3 aromatic carbocycles. The van der Waals surface area contributed by atoms with Crippen molar-refractivity contribution in [2.75, 3.05) is 22.7 Å². The first kappa shape index (κ1) is 21.9. The van der Waals surface area contributed by atoms with Gasteiger partial charge >= 0.3 is 6.03 Å². The van der Waals surface area contributed by atoms with Gasteiger partial charge in [-0.1, -0.05) is 60.1 Å². The van der Waals surface area contributed by atoms with Gasteiger partial charge in [0.25, 0.3) is 5.91 Å². The summed E-state index contributed by atoms with van der Waals surface area (Å²) in [6.07, 6.45) is -0.662. The minimum absolute atomic E-state index is 0.0342. The van der Waals surface area contributed by atoms with Crippen molar-refractivity contribution in [3.8, 4) is 0 Å². The average Bonchev–Trinajstić information content (AvgIpc) is 3.03. The van der Waals surface area contributed by atoms with Crippen LogP contribution in [0.15, 0.2) is 89.9 Å². The molecule has 1 fully saturated rings. The number of halogens is 2. The van der Waals surface area contributed by atoms with Crippen LogP contribution in [-0.4, -0.2) is 41.8 Å². The standard InChI is InChI=1S/C24H20Cl2N4O2/c1-28-23(31)22(30(24(28)32)20-15-9-8-14-19(20)26)27-21(16-25)29(17-10-4-2-5-11-17)18-12-6-3-7-13-18/h2-15,21H,16H2,1H3. The van der Waals surface area contributed by atoms with E-state index in [0.29, 0.717) is 10.7 Å². The number of urea groups is 1. The Morgan fingerprint density at radius 1 is 0.875 bits per heavy atom. The normalized spacial score (nSPS) is 16.0. The molecule has 3 amide bonds. The van der Waals surface area contributed by atoms with E-state index < -0.39 is 18.1 Å². The van der Waals surface area contributed by atoms with Crippen molar-refractivity contribution in [1.82, 2.24) is 4.90 Å². The summed E-state index contributed by atoms with van der Waals surface area (Å²) in [7, 11) is 1.42. The summed E-state index contributed by atoms with van der Waals surface area (Å²) in [5.41, 5.74) is 2.08. The fourth-order valence-corrected chi connectivity index (χ4v) is 3.94. The highest BCUT2D eigenvalue weighted by atomic mass is 35.5. The number of alkyl halides is 1. The van der Waals surface area contributed by atoms with Crippen molar-refractivity contribution in [2.45, 2.75) is 6.17 Å². The third-order valence-corrected chi connectivity index (χ3v) is 5.65. The highest BCUT2D eigenvalue weighted by Gasteiger charge is 2.42. The van der Waals surface area contributed by atoms with Crippen LogP contribution in [0.4, 0.5) is 21.9 Å². The van der Waals surface area contributed by atoms with E-state index in [2.05, 4.69) is 0 Å². The van der Waals surface area contributed by atoms with E-state index in [4.69, 9.17) is 28.2 Å². The zero-order chi connectivity index (χ0) is 22.7. The predicted octanol–water partition coefficient (Wildman–Crippen LogP) is 5.54. The summed E-state index contributed by atoms with van der Waals surface area (Å²) in [6, 6.07) is 25.5. The first-order valence-electron chi connectivity index (χ1n) is 9.92. The smallest absolute Gasteiger partial charge is 0.318 e. The number of carbonyl (C=O) groups excluding carboxylic acids is 2. The monoisotopic (exact) mass is 466 g/mol. The van der Waals surface area contributed by atoms with Crippen molar-refractivity contribution in [1.29, 1.82) is 0 Å². The minimum Gasteiger partial charge on any atom is -0.318 e. The van der Waals surface area contributed by atoms with Crippen LogP contribution in [0.1, 0.15) is 0 Å². The minimum atomic E-state index is -0.662. The molecule has 1 heterocycles. The maximum atomic E-state index is 13.0. The third kappa shape index (κ3) is 4.07. The lowest BCUT2D eigenvalue weighted by Gasteiger charge is -2.31. The van der Waals surface area contributed by atoms with Crippen LogP contribution in [0.2, 0.25) is 5.02 Å². The number of para-hydroxylation sites is 3. The van der Waals surface area contributed by atoms with Crippen molar-refractivity contribution in [2.24, 2.45) is 4.99 Å². The Balaban J connectivity index is 1.84. The number of anilines is 3. The van der Waals surface area contributed by atoms with E-state index in [0.717, 1.165) is 16.3 Å². The maximum Gasteiger partial charge on any atom is 0.337 e. The molecule has 1 atom stereocenters. The number of nitrogens with zero attached hydrogens (tertiary/aromatic N) is 4. The number of amides is 3. The van der Waals surface area contributed by atoms with Gasteiger partial charge in [0.1, 0.15) is 6.17 Å². The van der Waals surface area contributed by atoms with Crippen LogP contribution in [-0.2, 0) is 4.79 Å². The molecule has 162 valence electrons. The van der Waals surface area contributed by atoms with Crippen molar-refractivity contribution in [3.05, 3.63) is 90.0 Å². The van der Waals surface area contributed by atoms with Gasteiger partial charge in [0.2, 0.25) is 5.84 Å². The zero-order valence-corrected chi connectivity index (χ0v) is 18.7.